The smallest absolute Gasteiger partial charge is 0.127 e. The lowest BCUT2D eigenvalue weighted by molar-refractivity contribution is 0.612. The van der Waals surface area contributed by atoms with Gasteiger partial charge in [0.1, 0.15) is 5.82 Å². The van der Waals surface area contributed by atoms with E-state index in [1.54, 1.807) is 6.07 Å². The minimum absolute atomic E-state index is 0.158. The van der Waals surface area contributed by atoms with E-state index in [0.29, 0.717) is 13.0 Å². The lowest BCUT2D eigenvalue weighted by Crippen LogP contribution is -2.05. The molecule has 0 aromatic heterocycles. The highest BCUT2D eigenvalue weighted by Gasteiger charge is 2.05. The molecular weight excluding hydrogens is 177 g/mol. The molecule has 1 nitrogen and oxygen atoms in total. The van der Waals surface area contributed by atoms with E-state index in [2.05, 4.69) is 0 Å². The van der Waals surface area contributed by atoms with Gasteiger partial charge >= 0.3 is 0 Å². The number of rotatable bonds is 2. The summed E-state index contributed by atoms with van der Waals surface area (Å²) < 4.78 is 13.5. The zero-order valence-electron chi connectivity index (χ0n) is 7.83. The van der Waals surface area contributed by atoms with Crippen LogP contribution in [0.2, 0.25) is 0 Å². The molecule has 0 atom stereocenters. The van der Waals surface area contributed by atoms with Gasteiger partial charge in [-0.05, 0) is 35.4 Å². The fourth-order valence-electron chi connectivity index (χ4n) is 1.71. The molecule has 0 radical (unpaired) electrons. The van der Waals surface area contributed by atoms with E-state index in [1.807, 2.05) is 24.3 Å². The Kier molecular flexibility index (Phi) is 2.46. The molecule has 0 unspecified atom stereocenters. The van der Waals surface area contributed by atoms with E-state index in [9.17, 15) is 4.39 Å². The van der Waals surface area contributed by atoms with Crippen LogP contribution in [0, 0.1) is 5.82 Å². The van der Waals surface area contributed by atoms with Crippen LogP contribution in [0.4, 0.5) is 4.39 Å². The topological polar surface area (TPSA) is 26.0 Å². The van der Waals surface area contributed by atoms with E-state index >= 15 is 0 Å². The number of hydrogen-bond donors (Lipinski definition) is 1. The monoisotopic (exact) mass is 189 g/mol. The number of benzene rings is 2. The molecule has 0 aliphatic rings. The van der Waals surface area contributed by atoms with Gasteiger partial charge in [0.05, 0.1) is 0 Å². The average molecular weight is 189 g/mol. The maximum atomic E-state index is 13.5. The largest absolute Gasteiger partial charge is 0.330 e. The van der Waals surface area contributed by atoms with Crippen LogP contribution in [0.15, 0.2) is 36.4 Å². The molecule has 0 bridgehead atoms. The quantitative estimate of drug-likeness (QED) is 0.771. The summed E-state index contributed by atoms with van der Waals surface area (Å²) in [6.07, 6.45) is 0.590. The highest BCUT2D eigenvalue weighted by molar-refractivity contribution is 5.85. The summed E-state index contributed by atoms with van der Waals surface area (Å²) in [5.74, 6) is -0.158. The minimum Gasteiger partial charge on any atom is -0.330 e. The van der Waals surface area contributed by atoms with E-state index in [0.717, 1.165) is 16.3 Å². The van der Waals surface area contributed by atoms with Crippen LogP contribution in [-0.4, -0.2) is 6.54 Å². The molecule has 0 saturated heterocycles. The van der Waals surface area contributed by atoms with Crippen molar-refractivity contribution in [3.05, 3.63) is 47.8 Å². The second kappa shape index (κ2) is 3.76. The first kappa shape index (κ1) is 9.16. The first-order valence-corrected chi connectivity index (χ1v) is 4.69. The van der Waals surface area contributed by atoms with Crippen molar-refractivity contribution in [1.29, 1.82) is 0 Å². The summed E-state index contributed by atoms with van der Waals surface area (Å²) in [7, 11) is 0. The van der Waals surface area contributed by atoms with Gasteiger partial charge in [0.2, 0.25) is 0 Å². The van der Waals surface area contributed by atoms with E-state index in [1.165, 1.54) is 6.07 Å². The molecule has 2 aromatic carbocycles. The molecule has 2 rings (SSSR count). The Hall–Kier alpha value is -1.41. The minimum atomic E-state index is -0.158. The molecular formula is C12H12FN. The Labute approximate surface area is 82.3 Å². The van der Waals surface area contributed by atoms with Crippen LogP contribution >= 0.6 is 0 Å². The van der Waals surface area contributed by atoms with Crippen LogP contribution in [0.1, 0.15) is 5.56 Å². The van der Waals surface area contributed by atoms with Crippen molar-refractivity contribution in [1.82, 2.24) is 0 Å². The lowest BCUT2D eigenvalue weighted by atomic mass is 10.0. The molecule has 0 aliphatic carbocycles. The summed E-state index contributed by atoms with van der Waals surface area (Å²) >= 11 is 0. The van der Waals surface area contributed by atoms with Gasteiger partial charge in [-0.3, -0.25) is 0 Å². The summed E-state index contributed by atoms with van der Waals surface area (Å²) in [4.78, 5) is 0. The van der Waals surface area contributed by atoms with Crippen LogP contribution < -0.4 is 5.73 Å². The normalized spacial score (nSPS) is 10.7. The predicted octanol–water partition coefficient (Wildman–Crippen LogP) is 2.48. The summed E-state index contributed by atoms with van der Waals surface area (Å²) in [5, 5.41) is 2.04. The standard InChI is InChI=1S/C12H12FN/c13-12-6-5-9-3-1-2-4-10(9)11(12)7-8-14/h1-6H,7-8,14H2. The number of hydrogen-bond acceptors (Lipinski definition) is 1. The van der Waals surface area contributed by atoms with E-state index in [-0.39, 0.29) is 5.82 Å². The molecule has 2 N–H and O–H groups in total. The van der Waals surface area contributed by atoms with Gasteiger partial charge in [0.15, 0.2) is 0 Å². The maximum Gasteiger partial charge on any atom is 0.127 e. The van der Waals surface area contributed by atoms with Crippen LogP contribution in [-0.2, 0) is 6.42 Å². The molecule has 0 aliphatic heterocycles. The number of nitrogens with two attached hydrogens (primary N) is 1. The Bertz CT molecular complexity index is 451. The van der Waals surface area contributed by atoms with Crippen molar-refractivity contribution >= 4 is 10.8 Å². The van der Waals surface area contributed by atoms with E-state index in [4.69, 9.17) is 5.73 Å². The van der Waals surface area contributed by atoms with Gasteiger partial charge in [0.25, 0.3) is 0 Å². The molecule has 14 heavy (non-hydrogen) atoms. The van der Waals surface area contributed by atoms with Crippen LogP contribution in [0.5, 0.6) is 0 Å². The fraction of sp³-hybridized carbons (Fsp3) is 0.167. The molecule has 72 valence electrons. The van der Waals surface area contributed by atoms with Gasteiger partial charge in [-0.2, -0.15) is 0 Å². The molecule has 0 heterocycles. The lowest BCUT2D eigenvalue weighted by Gasteiger charge is -2.06. The van der Waals surface area contributed by atoms with Crippen LogP contribution in [0.3, 0.4) is 0 Å². The van der Waals surface area contributed by atoms with Crippen molar-refractivity contribution in [2.24, 2.45) is 5.73 Å². The van der Waals surface area contributed by atoms with Gasteiger partial charge in [-0.25, -0.2) is 4.39 Å². The molecule has 2 heteroatoms. The van der Waals surface area contributed by atoms with Crippen molar-refractivity contribution in [2.45, 2.75) is 6.42 Å². The predicted molar refractivity (Wildman–Crippen MR) is 56.7 cm³/mol. The van der Waals surface area contributed by atoms with Gasteiger partial charge in [-0.1, -0.05) is 30.3 Å². The Balaban J connectivity index is 2.69. The molecule has 0 fully saturated rings. The summed E-state index contributed by atoms with van der Waals surface area (Å²) in [6.45, 7) is 0.477. The second-order valence-electron chi connectivity index (χ2n) is 3.29. The Morgan fingerprint density at radius 2 is 1.86 bits per heavy atom. The van der Waals surface area contributed by atoms with Crippen molar-refractivity contribution in [3.63, 3.8) is 0 Å². The van der Waals surface area contributed by atoms with E-state index < -0.39 is 0 Å². The maximum absolute atomic E-state index is 13.5. The second-order valence-corrected chi connectivity index (χ2v) is 3.29. The zero-order chi connectivity index (χ0) is 9.97. The Morgan fingerprint density at radius 3 is 2.64 bits per heavy atom. The third-order valence-electron chi connectivity index (χ3n) is 2.38. The third-order valence-corrected chi connectivity index (χ3v) is 2.38. The molecule has 2 aromatic rings. The highest BCUT2D eigenvalue weighted by Crippen LogP contribution is 2.21. The van der Waals surface area contributed by atoms with Gasteiger partial charge < -0.3 is 5.73 Å². The first-order chi connectivity index (χ1) is 6.83. The van der Waals surface area contributed by atoms with Crippen LogP contribution in [0.25, 0.3) is 10.8 Å². The highest BCUT2D eigenvalue weighted by atomic mass is 19.1. The zero-order valence-corrected chi connectivity index (χ0v) is 7.83. The number of fused-ring (bicyclic) bond motifs is 1. The first-order valence-electron chi connectivity index (χ1n) is 4.69. The van der Waals surface area contributed by atoms with Crippen molar-refractivity contribution in [2.75, 3.05) is 6.54 Å². The average Bonchev–Trinajstić information content (AvgIpc) is 2.23. The van der Waals surface area contributed by atoms with Gasteiger partial charge in [-0.15, -0.1) is 0 Å². The van der Waals surface area contributed by atoms with Crippen molar-refractivity contribution in [3.8, 4) is 0 Å². The van der Waals surface area contributed by atoms with Gasteiger partial charge in [0, 0.05) is 0 Å². The Morgan fingerprint density at radius 1 is 1.07 bits per heavy atom. The summed E-state index contributed by atoms with van der Waals surface area (Å²) in [6, 6.07) is 11.1. The number of halogens is 1. The summed E-state index contributed by atoms with van der Waals surface area (Å²) in [5.41, 5.74) is 6.18. The SMILES string of the molecule is NCCc1c(F)ccc2ccccc12. The molecule has 0 spiro atoms. The molecule has 0 amide bonds. The molecule has 0 saturated carbocycles. The van der Waals surface area contributed by atoms with Crippen molar-refractivity contribution < 1.29 is 4.39 Å². The third kappa shape index (κ3) is 1.49. The fourth-order valence-corrected chi connectivity index (χ4v) is 1.71.